The number of hydrogen-bond acceptors (Lipinski definition) is 3. The van der Waals surface area contributed by atoms with Gasteiger partial charge in [0, 0.05) is 6.08 Å². The highest BCUT2D eigenvalue weighted by molar-refractivity contribution is 5.87. The van der Waals surface area contributed by atoms with Crippen molar-refractivity contribution in [3.05, 3.63) is 71.3 Å². The molecule has 0 heterocycles. The number of carbonyl (C=O) groups is 1. The van der Waals surface area contributed by atoms with Gasteiger partial charge in [0.1, 0.15) is 12.4 Å². The highest BCUT2D eigenvalue weighted by atomic mass is 16.5. The molecular weight excluding hydrogens is 324 g/mol. The van der Waals surface area contributed by atoms with Crippen LogP contribution in [0.5, 0.6) is 5.75 Å². The van der Waals surface area contributed by atoms with Gasteiger partial charge in [-0.25, -0.2) is 4.79 Å². The smallest absolute Gasteiger partial charge is 0.330 e. The van der Waals surface area contributed by atoms with Crippen LogP contribution in [0.2, 0.25) is 0 Å². The van der Waals surface area contributed by atoms with E-state index in [4.69, 9.17) is 9.47 Å². The van der Waals surface area contributed by atoms with Gasteiger partial charge in [0.05, 0.1) is 6.61 Å². The van der Waals surface area contributed by atoms with E-state index in [9.17, 15) is 4.79 Å². The Morgan fingerprint density at radius 2 is 1.88 bits per heavy atom. The van der Waals surface area contributed by atoms with Crippen molar-refractivity contribution in [1.82, 2.24) is 0 Å². The summed E-state index contributed by atoms with van der Waals surface area (Å²) in [7, 11) is 0. The second-order valence-corrected chi connectivity index (χ2v) is 6.64. The predicted molar refractivity (Wildman–Crippen MR) is 104 cm³/mol. The summed E-state index contributed by atoms with van der Waals surface area (Å²) in [5, 5.41) is 0. The van der Waals surface area contributed by atoms with E-state index < -0.39 is 0 Å². The maximum Gasteiger partial charge on any atom is 0.330 e. The minimum absolute atomic E-state index is 0.306. The lowest BCUT2D eigenvalue weighted by atomic mass is 9.94. The SMILES string of the molecule is CCOC(=O)C=Cc1ccc(OCc2ccccc2)c(C2CCCC2)c1. The second kappa shape index (κ2) is 9.23. The summed E-state index contributed by atoms with van der Waals surface area (Å²) in [6.45, 7) is 2.77. The molecule has 0 spiro atoms. The van der Waals surface area contributed by atoms with E-state index in [0.717, 1.165) is 16.9 Å². The van der Waals surface area contributed by atoms with Crippen molar-refractivity contribution in [2.24, 2.45) is 0 Å². The average Bonchev–Trinajstić information content (AvgIpc) is 3.21. The molecule has 0 unspecified atom stereocenters. The van der Waals surface area contributed by atoms with Crippen molar-refractivity contribution in [3.63, 3.8) is 0 Å². The van der Waals surface area contributed by atoms with Crippen molar-refractivity contribution in [2.75, 3.05) is 6.61 Å². The first-order chi connectivity index (χ1) is 12.8. The van der Waals surface area contributed by atoms with Gasteiger partial charge in [0.25, 0.3) is 0 Å². The fourth-order valence-electron chi connectivity index (χ4n) is 3.45. The van der Waals surface area contributed by atoms with Gasteiger partial charge in [-0.3, -0.25) is 0 Å². The third-order valence-electron chi connectivity index (χ3n) is 4.76. The van der Waals surface area contributed by atoms with Crippen LogP contribution < -0.4 is 4.74 Å². The Hall–Kier alpha value is -2.55. The second-order valence-electron chi connectivity index (χ2n) is 6.64. The van der Waals surface area contributed by atoms with E-state index in [1.807, 2.05) is 43.3 Å². The maximum absolute atomic E-state index is 11.6. The van der Waals surface area contributed by atoms with E-state index in [-0.39, 0.29) is 5.97 Å². The molecule has 0 bridgehead atoms. The molecule has 0 aliphatic heterocycles. The number of rotatable bonds is 7. The number of carbonyl (C=O) groups excluding carboxylic acids is 1. The van der Waals surface area contributed by atoms with Gasteiger partial charge in [0.15, 0.2) is 0 Å². The Labute approximate surface area is 155 Å². The molecule has 2 aromatic rings. The van der Waals surface area contributed by atoms with Crippen LogP contribution in [0.15, 0.2) is 54.6 Å². The molecule has 136 valence electrons. The molecule has 1 fully saturated rings. The van der Waals surface area contributed by atoms with Crippen LogP contribution in [0.3, 0.4) is 0 Å². The lowest BCUT2D eigenvalue weighted by Gasteiger charge is -2.17. The zero-order valence-electron chi connectivity index (χ0n) is 15.3. The number of hydrogen-bond donors (Lipinski definition) is 0. The van der Waals surface area contributed by atoms with Crippen LogP contribution in [0.4, 0.5) is 0 Å². The molecule has 3 rings (SSSR count). The zero-order valence-corrected chi connectivity index (χ0v) is 15.3. The van der Waals surface area contributed by atoms with E-state index in [1.54, 1.807) is 0 Å². The third kappa shape index (κ3) is 4.98. The van der Waals surface area contributed by atoms with Crippen molar-refractivity contribution in [2.45, 2.75) is 45.1 Å². The summed E-state index contributed by atoms with van der Waals surface area (Å²) in [5.41, 5.74) is 3.42. The lowest BCUT2D eigenvalue weighted by Crippen LogP contribution is -2.02. The maximum atomic E-state index is 11.6. The first kappa shape index (κ1) is 18.2. The van der Waals surface area contributed by atoms with E-state index in [2.05, 4.69) is 18.2 Å². The van der Waals surface area contributed by atoms with Crippen molar-refractivity contribution in [1.29, 1.82) is 0 Å². The topological polar surface area (TPSA) is 35.5 Å². The fraction of sp³-hybridized carbons (Fsp3) is 0.348. The standard InChI is InChI=1S/C23H26O3/c1-2-25-23(24)15-13-18-12-14-22(21(16-18)20-10-6-7-11-20)26-17-19-8-4-3-5-9-19/h3-5,8-9,12-16,20H,2,6-7,10-11,17H2,1H3. The zero-order chi connectivity index (χ0) is 18.2. The van der Waals surface area contributed by atoms with Crippen LogP contribution in [0, 0.1) is 0 Å². The summed E-state index contributed by atoms with van der Waals surface area (Å²) < 4.78 is 11.1. The van der Waals surface area contributed by atoms with Gasteiger partial charge in [-0.1, -0.05) is 49.2 Å². The van der Waals surface area contributed by atoms with Crippen LogP contribution in [-0.2, 0) is 16.1 Å². The van der Waals surface area contributed by atoms with Gasteiger partial charge in [-0.2, -0.15) is 0 Å². The Kier molecular flexibility index (Phi) is 6.48. The molecule has 3 nitrogen and oxygen atoms in total. The molecule has 0 saturated heterocycles. The molecule has 1 aliphatic rings. The van der Waals surface area contributed by atoms with Crippen LogP contribution >= 0.6 is 0 Å². The number of esters is 1. The summed E-state index contributed by atoms with van der Waals surface area (Å²) in [5.74, 6) is 1.19. The predicted octanol–water partition coefficient (Wildman–Crippen LogP) is 5.50. The molecule has 26 heavy (non-hydrogen) atoms. The molecule has 0 atom stereocenters. The Bertz CT molecular complexity index is 743. The van der Waals surface area contributed by atoms with Crippen molar-refractivity contribution in [3.8, 4) is 5.75 Å². The first-order valence-electron chi connectivity index (χ1n) is 9.41. The summed E-state index contributed by atoms with van der Waals surface area (Å²) >= 11 is 0. The number of benzene rings is 2. The van der Waals surface area contributed by atoms with Gasteiger partial charge < -0.3 is 9.47 Å². The van der Waals surface area contributed by atoms with Gasteiger partial charge in [0.2, 0.25) is 0 Å². The molecule has 0 amide bonds. The van der Waals surface area contributed by atoms with Gasteiger partial charge in [-0.15, -0.1) is 0 Å². The molecule has 1 saturated carbocycles. The Balaban J connectivity index is 1.78. The van der Waals surface area contributed by atoms with Crippen LogP contribution in [0.1, 0.15) is 55.2 Å². The highest BCUT2D eigenvalue weighted by Gasteiger charge is 2.21. The van der Waals surface area contributed by atoms with E-state index in [1.165, 1.54) is 37.3 Å². The van der Waals surface area contributed by atoms with Crippen LogP contribution in [-0.4, -0.2) is 12.6 Å². The Morgan fingerprint density at radius 3 is 2.62 bits per heavy atom. The molecule has 0 radical (unpaired) electrons. The molecule has 1 aliphatic carbocycles. The summed E-state index contributed by atoms with van der Waals surface area (Å²) in [6.07, 6.45) is 8.25. The molecular formula is C23H26O3. The molecule has 3 heteroatoms. The van der Waals surface area contributed by atoms with Gasteiger partial charge in [-0.05, 0) is 60.6 Å². The quantitative estimate of drug-likeness (QED) is 0.488. The third-order valence-corrected chi connectivity index (χ3v) is 4.76. The Morgan fingerprint density at radius 1 is 1.12 bits per heavy atom. The minimum Gasteiger partial charge on any atom is -0.489 e. The normalized spacial score (nSPS) is 14.7. The highest BCUT2D eigenvalue weighted by Crippen LogP contribution is 2.39. The number of ether oxygens (including phenoxy) is 2. The van der Waals surface area contributed by atoms with E-state index in [0.29, 0.717) is 19.1 Å². The van der Waals surface area contributed by atoms with Crippen molar-refractivity contribution >= 4 is 12.0 Å². The first-order valence-corrected chi connectivity index (χ1v) is 9.41. The largest absolute Gasteiger partial charge is 0.489 e. The van der Waals surface area contributed by atoms with Crippen LogP contribution in [0.25, 0.3) is 6.08 Å². The lowest BCUT2D eigenvalue weighted by molar-refractivity contribution is -0.137. The fourth-order valence-corrected chi connectivity index (χ4v) is 3.45. The monoisotopic (exact) mass is 350 g/mol. The molecule has 0 N–H and O–H groups in total. The average molecular weight is 350 g/mol. The summed E-state index contributed by atoms with van der Waals surface area (Å²) in [6, 6.07) is 16.4. The van der Waals surface area contributed by atoms with E-state index >= 15 is 0 Å². The summed E-state index contributed by atoms with van der Waals surface area (Å²) in [4.78, 5) is 11.6. The van der Waals surface area contributed by atoms with Gasteiger partial charge >= 0.3 is 5.97 Å². The molecule has 0 aromatic heterocycles. The molecule has 2 aromatic carbocycles. The minimum atomic E-state index is -0.306. The van der Waals surface area contributed by atoms with Crippen molar-refractivity contribution < 1.29 is 14.3 Å².